The first-order valence-electron chi connectivity index (χ1n) is 8.97. The lowest BCUT2D eigenvalue weighted by Gasteiger charge is -2.35. The highest BCUT2D eigenvalue weighted by atomic mass is 32.1. The topological polar surface area (TPSA) is 64.1 Å². The molecule has 1 aromatic heterocycles. The van der Waals surface area contributed by atoms with Crippen molar-refractivity contribution in [2.45, 2.75) is 44.4 Å². The van der Waals surface area contributed by atoms with Crippen molar-refractivity contribution in [1.29, 1.82) is 0 Å². The van der Waals surface area contributed by atoms with Crippen LogP contribution in [0.25, 0.3) is 11.0 Å². The van der Waals surface area contributed by atoms with E-state index < -0.39 is 0 Å². The van der Waals surface area contributed by atoms with Crippen LogP contribution in [0.4, 0.5) is 0 Å². The second-order valence-corrected chi connectivity index (χ2v) is 7.17. The summed E-state index contributed by atoms with van der Waals surface area (Å²) in [5.41, 5.74) is 3.56. The van der Waals surface area contributed by atoms with Crippen molar-refractivity contribution < 1.29 is 9.53 Å². The molecule has 134 valence electrons. The zero-order valence-electron chi connectivity index (χ0n) is 14.6. The normalized spacial score (nSPS) is 23.0. The minimum atomic E-state index is -0.0811. The van der Waals surface area contributed by atoms with Gasteiger partial charge in [0, 0.05) is 17.2 Å². The van der Waals surface area contributed by atoms with Gasteiger partial charge in [-0.05, 0) is 37.5 Å². The Balaban J connectivity index is 1.55. The molecule has 0 unspecified atom stereocenters. The third-order valence-electron chi connectivity index (χ3n) is 4.89. The lowest BCUT2D eigenvalue weighted by Crippen LogP contribution is -2.43. The summed E-state index contributed by atoms with van der Waals surface area (Å²) in [6.07, 6.45) is 2.53. The molecule has 0 spiro atoms. The molecular weight excluding hydrogens is 346 g/mol. The van der Waals surface area contributed by atoms with E-state index in [9.17, 15) is 4.79 Å². The summed E-state index contributed by atoms with van der Waals surface area (Å²) in [6, 6.07) is 15.5. The average Bonchev–Trinajstić information content (AvgIpc) is 3.17. The summed E-state index contributed by atoms with van der Waals surface area (Å²) in [4.78, 5) is 12.5. The second kappa shape index (κ2) is 7.51. The predicted octanol–water partition coefficient (Wildman–Crippen LogP) is 4.12. The molecule has 5 nitrogen and oxygen atoms in total. The Morgan fingerprint density at radius 1 is 1.15 bits per heavy atom. The summed E-state index contributed by atoms with van der Waals surface area (Å²) >= 11 is 1.22. The lowest BCUT2D eigenvalue weighted by atomic mass is 9.92. The number of aromatic nitrogens is 2. The summed E-state index contributed by atoms with van der Waals surface area (Å²) in [5, 5.41) is 3.19. The fraction of sp³-hybridized carbons (Fsp3) is 0.350. The van der Waals surface area contributed by atoms with Crippen molar-refractivity contribution in [1.82, 2.24) is 14.1 Å². The summed E-state index contributed by atoms with van der Waals surface area (Å²) in [5.74, 6) is -0.0281. The molecule has 3 aromatic rings. The van der Waals surface area contributed by atoms with Crippen molar-refractivity contribution in [3.63, 3.8) is 0 Å². The van der Waals surface area contributed by atoms with Crippen LogP contribution in [0.5, 0.6) is 0 Å². The molecule has 3 atom stereocenters. The first-order valence-corrected chi connectivity index (χ1v) is 9.70. The minimum absolute atomic E-state index is 0.0281. The van der Waals surface area contributed by atoms with E-state index in [1.54, 1.807) is 0 Å². The van der Waals surface area contributed by atoms with E-state index in [4.69, 9.17) is 4.74 Å². The molecule has 0 radical (unpaired) electrons. The zero-order chi connectivity index (χ0) is 17.9. The van der Waals surface area contributed by atoms with Crippen molar-refractivity contribution in [2.75, 3.05) is 0 Å². The standard InChI is InChI=1S/C20H21N3O2S/c1-2-15-11-14(21-20(24)13-7-4-3-5-8-13)12-18(25-15)16-9-6-10-17-19(16)23-26-22-17/h3-10,14-15,18H,2,11-12H2,1H3,(H,21,24)/t14-,15+,18+/m1/s1. The molecule has 0 aliphatic carbocycles. The number of carbonyl (C=O) groups is 1. The number of carbonyl (C=O) groups excluding carboxylic acids is 1. The first-order chi connectivity index (χ1) is 12.7. The van der Waals surface area contributed by atoms with Crippen molar-refractivity contribution in [3.8, 4) is 0 Å². The van der Waals surface area contributed by atoms with Gasteiger partial charge in [-0.15, -0.1) is 0 Å². The fourth-order valence-electron chi connectivity index (χ4n) is 3.54. The van der Waals surface area contributed by atoms with Crippen LogP contribution < -0.4 is 5.32 Å². The summed E-state index contributed by atoms with van der Waals surface area (Å²) in [6.45, 7) is 2.12. The summed E-state index contributed by atoms with van der Waals surface area (Å²) in [7, 11) is 0. The van der Waals surface area contributed by atoms with Gasteiger partial charge in [-0.25, -0.2) is 0 Å². The SMILES string of the molecule is CC[C@H]1C[C@@H](NC(=O)c2ccccc2)C[C@@H](c2cccc3nsnc23)O1. The largest absolute Gasteiger partial charge is 0.370 e. The second-order valence-electron chi connectivity index (χ2n) is 6.64. The third kappa shape index (κ3) is 3.48. The van der Waals surface area contributed by atoms with Gasteiger partial charge in [-0.3, -0.25) is 4.79 Å². The van der Waals surface area contributed by atoms with Gasteiger partial charge in [0.25, 0.3) is 5.91 Å². The first kappa shape index (κ1) is 17.1. The Morgan fingerprint density at radius 3 is 2.81 bits per heavy atom. The highest BCUT2D eigenvalue weighted by Gasteiger charge is 2.32. The predicted molar refractivity (Wildman–Crippen MR) is 102 cm³/mol. The number of ether oxygens (including phenoxy) is 1. The molecule has 1 aliphatic heterocycles. The Labute approximate surface area is 156 Å². The fourth-order valence-corrected chi connectivity index (χ4v) is 4.10. The van der Waals surface area contributed by atoms with E-state index in [1.807, 2.05) is 42.5 Å². The van der Waals surface area contributed by atoms with Crippen molar-refractivity contribution in [2.24, 2.45) is 0 Å². The maximum atomic E-state index is 12.5. The van der Waals surface area contributed by atoms with Crippen LogP contribution >= 0.6 is 11.7 Å². The molecule has 0 saturated carbocycles. The lowest BCUT2D eigenvalue weighted by molar-refractivity contribution is -0.0626. The van der Waals surface area contributed by atoms with Crippen LogP contribution in [0, 0.1) is 0 Å². The maximum Gasteiger partial charge on any atom is 0.251 e. The van der Waals surface area contributed by atoms with Crippen molar-refractivity contribution in [3.05, 3.63) is 59.7 Å². The molecule has 2 heterocycles. The molecule has 1 fully saturated rings. The van der Waals surface area contributed by atoms with E-state index in [-0.39, 0.29) is 24.2 Å². The number of benzene rings is 2. The van der Waals surface area contributed by atoms with Gasteiger partial charge in [0.15, 0.2) is 0 Å². The number of nitrogens with one attached hydrogen (secondary N) is 1. The number of nitrogens with zero attached hydrogens (tertiary/aromatic N) is 2. The monoisotopic (exact) mass is 367 g/mol. The van der Waals surface area contributed by atoms with Gasteiger partial charge in [-0.1, -0.05) is 37.3 Å². The molecule has 1 saturated heterocycles. The van der Waals surface area contributed by atoms with Crippen LogP contribution in [0.1, 0.15) is 48.2 Å². The van der Waals surface area contributed by atoms with Gasteiger partial charge in [0.2, 0.25) is 0 Å². The van der Waals surface area contributed by atoms with E-state index in [1.165, 1.54) is 11.7 Å². The Hall–Kier alpha value is -2.31. The zero-order valence-corrected chi connectivity index (χ0v) is 15.4. The van der Waals surface area contributed by atoms with Crippen LogP contribution in [0.15, 0.2) is 48.5 Å². The molecule has 4 rings (SSSR count). The van der Waals surface area contributed by atoms with Gasteiger partial charge in [0.05, 0.1) is 23.9 Å². The van der Waals surface area contributed by atoms with Crippen LogP contribution in [-0.4, -0.2) is 26.8 Å². The third-order valence-corrected chi connectivity index (χ3v) is 5.44. The molecule has 6 heteroatoms. The molecule has 2 aromatic carbocycles. The quantitative estimate of drug-likeness (QED) is 0.753. The highest BCUT2D eigenvalue weighted by molar-refractivity contribution is 7.00. The van der Waals surface area contributed by atoms with Gasteiger partial charge >= 0.3 is 0 Å². The van der Waals surface area contributed by atoms with E-state index in [0.717, 1.165) is 35.9 Å². The highest BCUT2D eigenvalue weighted by Crippen LogP contribution is 2.35. The molecule has 1 N–H and O–H groups in total. The van der Waals surface area contributed by atoms with E-state index in [0.29, 0.717) is 5.56 Å². The molecule has 1 amide bonds. The number of rotatable bonds is 4. The maximum absolute atomic E-state index is 12.5. The molecule has 0 bridgehead atoms. The number of amides is 1. The Kier molecular flexibility index (Phi) is 4.95. The molecule has 1 aliphatic rings. The minimum Gasteiger partial charge on any atom is -0.370 e. The Morgan fingerprint density at radius 2 is 2.00 bits per heavy atom. The summed E-state index contributed by atoms with van der Waals surface area (Å²) < 4.78 is 15.1. The van der Waals surface area contributed by atoms with Crippen LogP contribution in [-0.2, 0) is 4.74 Å². The smallest absolute Gasteiger partial charge is 0.251 e. The molecular formula is C20H21N3O2S. The van der Waals surface area contributed by atoms with Crippen molar-refractivity contribution >= 4 is 28.7 Å². The van der Waals surface area contributed by atoms with E-state index in [2.05, 4.69) is 27.1 Å². The van der Waals surface area contributed by atoms with Gasteiger partial charge < -0.3 is 10.1 Å². The van der Waals surface area contributed by atoms with Gasteiger partial charge in [0.1, 0.15) is 11.0 Å². The number of hydrogen-bond acceptors (Lipinski definition) is 5. The number of hydrogen-bond donors (Lipinski definition) is 1. The van der Waals surface area contributed by atoms with E-state index >= 15 is 0 Å². The molecule has 26 heavy (non-hydrogen) atoms. The van der Waals surface area contributed by atoms with Crippen LogP contribution in [0.2, 0.25) is 0 Å². The van der Waals surface area contributed by atoms with Gasteiger partial charge in [-0.2, -0.15) is 8.75 Å². The number of fused-ring (bicyclic) bond motifs is 1. The Bertz CT molecular complexity index is 896. The van der Waals surface area contributed by atoms with Crippen LogP contribution in [0.3, 0.4) is 0 Å². The average molecular weight is 367 g/mol.